The molecule has 2 aromatic rings. The monoisotopic (exact) mass is 590 g/mol. The van der Waals surface area contributed by atoms with Gasteiger partial charge in [0.05, 0.1) is 19.5 Å². The molecule has 5 N–H and O–H groups in total. The highest BCUT2D eigenvalue weighted by Gasteiger charge is 2.25. The Balaban J connectivity index is 1.94. The molecule has 0 bridgehead atoms. The van der Waals surface area contributed by atoms with E-state index in [1.807, 2.05) is 27.7 Å². The van der Waals surface area contributed by atoms with E-state index in [1.54, 1.807) is 0 Å². The van der Waals surface area contributed by atoms with Crippen LogP contribution < -0.4 is 42.0 Å². The van der Waals surface area contributed by atoms with Crippen molar-refractivity contribution in [1.29, 1.82) is 0 Å². The van der Waals surface area contributed by atoms with Gasteiger partial charge in [-0.15, -0.1) is 0 Å². The smallest absolute Gasteiger partial charge is 0.291 e. The fourth-order valence-electron chi connectivity index (χ4n) is 3.77. The van der Waals surface area contributed by atoms with Gasteiger partial charge < -0.3 is 40.0 Å². The summed E-state index contributed by atoms with van der Waals surface area (Å²) in [6, 6.07) is 2.11. The maximum atomic E-state index is 12.8. The Morgan fingerprint density at radius 1 is 0.881 bits per heavy atom. The second kappa shape index (κ2) is 17.0. The zero-order chi connectivity index (χ0) is 31.1. The lowest BCUT2D eigenvalue weighted by molar-refractivity contribution is 0.0891. The SMILES string of the molecule is CCCCOc1c(C(=O)NCCC(C)(CC)NCCNC(=O)c2oc(C(N)=O)cc(=O)c2OCCCC)occc1=O. The summed E-state index contributed by atoms with van der Waals surface area (Å²) < 4.78 is 21.6. The minimum Gasteiger partial charge on any atom is -0.486 e. The van der Waals surface area contributed by atoms with E-state index in [1.165, 1.54) is 6.07 Å². The summed E-state index contributed by atoms with van der Waals surface area (Å²) in [4.78, 5) is 61.8. The Hall–Kier alpha value is -4.13. The highest BCUT2D eigenvalue weighted by Crippen LogP contribution is 2.17. The molecule has 0 aromatic carbocycles. The summed E-state index contributed by atoms with van der Waals surface area (Å²) in [7, 11) is 0. The molecule has 13 heteroatoms. The molecule has 2 aromatic heterocycles. The van der Waals surface area contributed by atoms with E-state index >= 15 is 0 Å². The van der Waals surface area contributed by atoms with Crippen LogP contribution >= 0.6 is 0 Å². The summed E-state index contributed by atoms with van der Waals surface area (Å²) in [5.41, 5.74) is 3.72. The second-order valence-electron chi connectivity index (χ2n) is 9.95. The molecule has 3 amide bonds. The molecule has 1 unspecified atom stereocenters. The van der Waals surface area contributed by atoms with Gasteiger partial charge in [-0.1, -0.05) is 33.6 Å². The number of hydrogen-bond donors (Lipinski definition) is 4. The fraction of sp³-hybridized carbons (Fsp3) is 0.552. The van der Waals surface area contributed by atoms with Crippen LogP contribution in [0.5, 0.6) is 11.5 Å². The van der Waals surface area contributed by atoms with Gasteiger partial charge in [0.1, 0.15) is 0 Å². The topological polar surface area (TPSA) is 192 Å². The van der Waals surface area contributed by atoms with Crippen molar-refractivity contribution in [2.45, 2.75) is 71.8 Å². The number of hydrogen-bond acceptors (Lipinski definition) is 10. The highest BCUT2D eigenvalue weighted by atomic mass is 16.5. The van der Waals surface area contributed by atoms with Gasteiger partial charge >= 0.3 is 0 Å². The third-order valence-corrected chi connectivity index (χ3v) is 6.59. The van der Waals surface area contributed by atoms with Crippen LogP contribution in [0, 0.1) is 0 Å². The van der Waals surface area contributed by atoms with Crippen LogP contribution in [0.25, 0.3) is 0 Å². The summed E-state index contributed by atoms with van der Waals surface area (Å²) in [6.07, 6.45) is 5.47. The first kappa shape index (κ1) is 34.1. The molecule has 13 nitrogen and oxygen atoms in total. The standard InChI is InChI=1S/C29H42N4O9/c1-5-8-15-39-22-19(34)10-17-41-24(22)27(37)31-12-11-29(4,7-3)33-14-13-32-28(38)25-23(40-16-9-6-2)20(35)18-21(42-25)26(30)36/h10,17-18,33H,5-9,11-16H2,1-4H3,(H2,30,36)(H,31,37)(H,32,38). The first-order valence-corrected chi connectivity index (χ1v) is 14.2. The average Bonchev–Trinajstić information content (AvgIpc) is 2.96. The van der Waals surface area contributed by atoms with Crippen LogP contribution in [0.4, 0.5) is 0 Å². The predicted molar refractivity (Wildman–Crippen MR) is 155 cm³/mol. The van der Waals surface area contributed by atoms with Crippen molar-refractivity contribution < 1.29 is 32.7 Å². The van der Waals surface area contributed by atoms with Crippen molar-refractivity contribution >= 4 is 17.7 Å². The maximum absolute atomic E-state index is 12.8. The van der Waals surface area contributed by atoms with Crippen LogP contribution in [0.1, 0.15) is 97.9 Å². The third-order valence-electron chi connectivity index (χ3n) is 6.59. The minimum absolute atomic E-state index is 0.105. The Kier molecular flexibility index (Phi) is 13.8. The number of carbonyl (C=O) groups is 3. The molecular formula is C29H42N4O9. The van der Waals surface area contributed by atoms with Gasteiger partial charge in [0, 0.05) is 37.3 Å². The average molecular weight is 591 g/mol. The first-order valence-electron chi connectivity index (χ1n) is 14.2. The number of primary amides is 1. The zero-order valence-corrected chi connectivity index (χ0v) is 24.8. The van der Waals surface area contributed by atoms with Crippen LogP contribution in [-0.2, 0) is 0 Å². The van der Waals surface area contributed by atoms with Crippen molar-refractivity contribution in [3.05, 3.63) is 56.1 Å². The van der Waals surface area contributed by atoms with Gasteiger partial charge in [-0.2, -0.15) is 0 Å². The van der Waals surface area contributed by atoms with Crippen molar-refractivity contribution in [3.8, 4) is 11.5 Å². The third kappa shape index (κ3) is 10.1. The number of ether oxygens (including phenoxy) is 2. The van der Waals surface area contributed by atoms with Crippen molar-refractivity contribution in [3.63, 3.8) is 0 Å². The number of nitrogens with two attached hydrogens (primary N) is 1. The van der Waals surface area contributed by atoms with Gasteiger partial charge in [-0.3, -0.25) is 24.0 Å². The molecule has 0 saturated carbocycles. The number of carbonyl (C=O) groups excluding carboxylic acids is 3. The molecule has 2 rings (SSSR count). The molecular weight excluding hydrogens is 548 g/mol. The second-order valence-corrected chi connectivity index (χ2v) is 9.95. The lowest BCUT2D eigenvalue weighted by Gasteiger charge is -2.30. The largest absolute Gasteiger partial charge is 0.486 e. The molecule has 0 aliphatic carbocycles. The van der Waals surface area contributed by atoms with Gasteiger partial charge in [0.2, 0.25) is 33.9 Å². The molecule has 232 valence electrons. The van der Waals surface area contributed by atoms with Gasteiger partial charge in [-0.25, -0.2) is 0 Å². The fourth-order valence-corrected chi connectivity index (χ4v) is 3.77. The molecule has 0 radical (unpaired) electrons. The van der Waals surface area contributed by atoms with Gasteiger partial charge in [0.25, 0.3) is 17.7 Å². The summed E-state index contributed by atoms with van der Waals surface area (Å²) in [6.45, 7) is 9.17. The lowest BCUT2D eigenvalue weighted by Crippen LogP contribution is -2.47. The van der Waals surface area contributed by atoms with Gasteiger partial charge in [-0.05, 0) is 32.6 Å². The molecule has 42 heavy (non-hydrogen) atoms. The summed E-state index contributed by atoms with van der Waals surface area (Å²) in [5.74, 6) is -3.68. The Labute approximate surface area is 244 Å². The number of amides is 3. The quantitative estimate of drug-likeness (QED) is 0.177. The zero-order valence-electron chi connectivity index (χ0n) is 24.8. The van der Waals surface area contributed by atoms with Crippen molar-refractivity contribution in [2.75, 3.05) is 32.8 Å². The van der Waals surface area contributed by atoms with Crippen LogP contribution in [0.3, 0.4) is 0 Å². The van der Waals surface area contributed by atoms with E-state index < -0.39 is 45.6 Å². The molecule has 0 fully saturated rings. The lowest BCUT2D eigenvalue weighted by atomic mass is 9.94. The van der Waals surface area contributed by atoms with E-state index in [-0.39, 0.29) is 37.0 Å². The molecule has 1 atom stereocenters. The maximum Gasteiger partial charge on any atom is 0.291 e. The van der Waals surface area contributed by atoms with E-state index in [0.717, 1.165) is 31.6 Å². The van der Waals surface area contributed by atoms with Crippen molar-refractivity contribution in [2.24, 2.45) is 5.73 Å². The summed E-state index contributed by atoms with van der Waals surface area (Å²) >= 11 is 0. The molecule has 0 aliphatic heterocycles. The number of unbranched alkanes of at least 4 members (excludes halogenated alkanes) is 2. The first-order chi connectivity index (χ1) is 20.1. The summed E-state index contributed by atoms with van der Waals surface area (Å²) in [5, 5.41) is 8.78. The minimum atomic E-state index is -0.983. The predicted octanol–water partition coefficient (Wildman–Crippen LogP) is 2.36. The van der Waals surface area contributed by atoms with Crippen LogP contribution in [0.15, 0.2) is 36.8 Å². The van der Waals surface area contributed by atoms with E-state index in [4.69, 9.17) is 24.0 Å². The van der Waals surface area contributed by atoms with Crippen LogP contribution in [-0.4, -0.2) is 56.1 Å². The Bertz CT molecular complexity index is 1320. The Morgan fingerprint density at radius 2 is 1.48 bits per heavy atom. The van der Waals surface area contributed by atoms with E-state index in [0.29, 0.717) is 32.4 Å². The van der Waals surface area contributed by atoms with E-state index in [2.05, 4.69) is 16.0 Å². The number of rotatable bonds is 19. The number of nitrogens with one attached hydrogen (secondary N) is 3. The Morgan fingerprint density at radius 3 is 2.07 bits per heavy atom. The molecule has 2 heterocycles. The van der Waals surface area contributed by atoms with Gasteiger partial charge in [0.15, 0.2) is 5.76 Å². The molecule has 0 spiro atoms. The molecule has 0 aliphatic rings. The van der Waals surface area contributed by atoms with E-state index in [9.17, 15) is 24.0 Å². The normalized spacial score (nSPS) is 12.3. The highest BCUT2D eigenvalue weighted by molar-refractivity contribution is 5.96. The van der Waals surface area contributed by atoms with Crippen molar-refractivity contribution in [1.82, 2.24) is 16.0 Å². The van der Waals surface area contributed by atoms with Crippen LogP contribution in [0.2, 0.25) is 0 Å². The molecule has 0 saturated heterocycles.